The minimum Gasteiger partial charge on any atom is -0.305 e. The minimum absolute atomic E-state index is 0. The molecule has 1 aromatic carbocycles. The molecule has 0 atom stereocenters. The van der Waals surface area contributed by atoms with Gasteiger partial charge in [-0.05, 0) is 24.8 Å². The lowest BCUT2D eigenvalue weighted by molar-refractivity contribution is 0.134. The van der Waals surface area contributed by atoms with Gasteiger partial charge in [-0.15, -0.1) is 12.4 Å². The van der Waals surface area contributed by atoms with E-state index in [1.807, 2.05) is 6.07 Å². The van der Waals surface area contributed by atoms with Crippen molar-refractivity contribution in [2.45, 2.75) is 19.3 Å². The second-order valence-electron chi connectivity index (χ2n) is 2.81. The van der Waals surface area contributed by atoms with Crippen molar-refractivity contribution in [3.05, 3.63) is 35.9 Å². The van der Waals surface area contributed by atoms with E-state index in [-0.39, 0.29) is 12.4 Å². The van der Waals surface area contributed by atoms with Gasteiger partial charge in [0.25, 0.3) is 0 Å². The molecule has 0 spiro atoms. The maximum atomic E-state index is 4.91. The normalized spacial score (nSPS) is 9.31. The third-order valence-corrected chi connectivity index (χ3v) is 1.82. The van der Waals surface area contributed by atoms with Crippen molar-refractivity contribution < 1.29 is 4.84 Å². The SMILES string of the molecule is Cl.NOCCCCc1ccccc1. The summed E-state index contributed by atoms with van der Waals surface area (Å²) in [5, 5.41) is 0. The van der Waals surface area contributed by atoms with Crippen LogP contribution in [0.3, 0.4) is 0 Å². The maximum absolute atomic E-state index is 4.91. The van der Waals surface area contributed by atoms with Crippen molar-refractivity contribution in [1.82, 2.24) is 0 Å². The Morgan fingerprint density at radius 3 is 2.38 bits per heavy atom. The molecule has 0 unspecified atom stereocenters. The van der Waals surface area contributed by atoms with E-state index in [9.17, 15) is 0 Å². The largest absolute Gasteiger partial charge is 0.305 e. The number of aryl methyl sites for hydroxylation is 1. The summed E-state index contributed by atoms with van der Waals surface area (Å²) in [6.45, 7) is 0.660. The third kappa shape index (κ3) is 5.64. The highest BCUT2D eigenvalue weighted by atomic mass is 35.5. The standard InChI is InChI=1S/C10H15NO.ClH/c11-12-9-5-4-8-10-6-2-1-3-7-10;/h1-3,6-7H,4-5,8-9,11H2;1H. The number of hydrogen-bond acceptors (Lipinski definition) is 2. The fraction of sp³-hybridized carbons (Fsp3) is 0.400. The first-order valence-corrected chi connectivity index (χ1v) is 4.29. The van der Waals surface area contributed by atoms with Crippen molar-refractivity contribution in [2.24, 2.45) is 5.90 Å². The number of halogens is 1. The van der Waals surface area contributed by atoms with Crippen molar-refractivity contribution in [3.63, 3.8) is 0 Å². The van der Waals surface area contributed by atoms with Crippen LogP contribution in [0.4, 0.5) is 0 Å². The molecule has 0 aliphatic rings. The molecule has 0 aliphatic carbocycles. The smallest absolute Gasteiger partial charge is 0.0679 e. The first-order chi connectivity index (χ1) is 5.93. The quantitative estimate of drug-likeness (QED) is 0.586. The van der Waals surface area contributed by atoms with E-state index in [0.29, 0.717) is 6.61 Å². The highest BCUT2D eigenvalue weighted by molar-refractivity contribution is 5.85. The topological polar surface area (TPSA) is 35.2 Å². The molecule has 0 aromatic heterocycles. The monoisotopic (exact) mass is 201 g/mol. The molecule has 0 bridgehead atoms. The number of benzene rings is 1. The predicted molar refractivity (Wildman–Crippen MR) is 56.8 cm³/mol. The first-order valence-electron chi connectivity index (χ1n) is 4.29. The average Bonchev–Trinajstić information content (AvgIpc) is 2.14. The zero-order valence-corrected chi connectivity index (χ0v) is 8.43. The van der Waals surface area contributed by atoms with Crippen LogP contribution in [0.15, 0.2) is 30.3 Å². The Morgan fingerprint density at radius 2 is 1.77 bits per heavy atom. The fourth-order valence-electron chi connectivity index (χ4n) is 1.16. The van der Waals surface area contributed by atoms with E-state index in [2.05, 4.69) is 29.1 Å². The van der Waals surface area contributed by atoms with Gasteiger partial charge in [0, 0.05) is 0 Å². The van der Waals surface area contributed by atoms with Crippen LogP contribution in [-0.2, 0) is 11.3 Å². The zero-order chi connectivity index (χ0) is 8.65. The van der Waals surface area contributed by atoms with Crippen molar-refractivity contribution in [3.8, 4) is 0 Å². The van der Waals surface area contributed by atoms with Gasteiger partial charge in [-0.3, -0.25) is 0 Å². The highest BCUT2D eigenvalue weighted by Crippen LogP contribution is 2.03. The average molecular weight is 202 g/mol. The first kappa shape index (κ1) is 12.4. The molecule has 74 valence electrons. The number of nitrogens with two attached hydrogens (primary N) is 1. The van der Waals surface area contributed by atoms with Crippen LogP contribution in [0.1, 0.15) is 18.4 Å². The van der Waals surface area contributed by atoms with Gasteiger partial charge in [0.2, 0.25) is 0 Å². The molecule has 0 fully saturated rings. The Balaban J connectivity index is 0.00000144. The van der Waals surface area contributed by atoms with Crippen LogP contribution in [0.2, 0.25) is 0 Å². The van der Waals surface area contributed by atoms with Gasteiger partial charge < -0.3 is 4.84 Å². The van der Waals surface area contributed by atoms with Crippen LogP contribution in [0.25, 0.3) is 0 Å². The lowest BCUT2D eigenvalue weighted by Crippen LogP contribution is -2.00. The summed E-state index contributed by atoms with van der Waals surface area (Å²) >= 11 is 0. The Morgan fingerprint density at radius 1 is 1.08 bits per heavy atom. The van der Waals surface area contributed by atoms with Gasteiger partial charge in [-0.1, -0.05) is 30.3 Å². The molecule has 0 aliphatic heterocycles. The fourth-order valence-corrected chi connectivity index (χ4v) is 1.16. The van der Waals surface area contributed by atoms with Crippen LogP contribution >= 0.6 is 12.4 Å². The summed E-state index contributed by atoms with van der Waals surface area (Å²) < 4.78 is 0. The van der Waals surface area contributed by atoms with Crippen molar-refractivity contribution in [2.75, 3.05) is 6.61 Å². The Kier molecular flexibility index (Phi) is 7.69. The van der Waals surface area contributed by atoms with Gasteiger partial charge in [0.1, 0.15) is 0 Å². The highest BCUT2D eigenvalue weighted by Gasteiger charge is 1.91. The molecular formula is C10H16ClNO. The molecule has 1 aromatic rings. The van der Waals surface area contributed by atoms with Crippen LogP contribution < -0.4 is 5.90 Å². The van der Waals surface area contributed by atoms with Crippen LogP contribution in [0.5, 0.6) is 0 Å². The van der Waals surface area contributed by atoms with E-state index in [4.69, 9.17) is 5.90 Å². The molecule has 2 nitrogen and oxygen atoms in total. The number of hydrogen-bond donors (Lipinski definition) is 1. The Labute approximate surface area is 85.5 Å². The second kappa shape index (κ2) is 8.05. The van der Waals surface area contributed by atoms with Gasteiger partial charge in [-0.2, -0.15) is 0 Å². The summed E-state index contributed by atoms with van der Waals surface area (Å²) in [4.78, 5) is 4.48. The Hall–Kier alpha value is -0.570. The molecule has 2 N–H and O–H groups in total. The van der Waals surface area contributed by atoms with E-state index in [1.165, 1.54) is 5.56 Å². The van der Waals surface area contributed by atoms with Gasteiger partial charge in [0.05, 0.1) is 6.61 Å². The molecule has 0 saturated heterocycles. The molecule has 1 rings (SSSR count). The molecular weight excluding hydrogens is 186 g/mol. The molecule has 0 heterocycles. The maximum Gasteiger partial charge on any atom is 0.0679 e. The van der Waals surface area contributed by atoms with Crippen molar-refractivity contribution >= 4 is 12.4 Å². The van der Waals surface area contributed by atoms with E-state index >= 15 is 0 Å². The van der Waals surface area contributed by atoms with Gasteiger partial charge in [0.15, 0.2) is 0 Å². The molecule has 0 saturated carbocycles. The Bertz CT molecular complexity index is 203. The third-order valence-electron chi connectivity index (χ3n) is 1.82. The lowest BCUT2D eigenvalue weighted by atomic mass is 10.1. The van der Waals surface area contributed by atoms with E-state index < -0.39 is 0 Å². The summed E-state index contributed by atoms with van der Waals surface area (Å²) in [5.74, 6) is 4.91. The summed E-state index contributed by atoms with van der Waals surface area (Å²) in [6.07, 6.45) is 3.29. The number of rotatable bonds is 5. The zero-order valence-electron chi connectivity index (χ0n) is 7.61. The van der Waals surface area contributed by atoms with Crippen LogP contribution in [-0.4, -0.2) is 6.61 Å². The number of unbranched alkanes of at least 4 members (excludes halogenated alkanes) is 1. The molecule has 0 amide bonds. The van der Waals surface area contributed by atoms with Crippen LogP contribution in [0, 0.1) is 0 Å². The van der Waals surface area contributed by atoms with E-state index in [0.717, 1.165) is 19.3 Å². The van der Waals surface area contributed by atoms with Gasteiger partial charge >= 0.3 is 0 Å². The molecule has 13 heavy (non-hydrogen) atoms. The summed E-state index contributed by atoms with van der Waals surface area (Å²) in [5.41, 5.74) is 1.38. The summed E-state index contributed by atoms with van der Waals surface area (Å²) in [6, 6.07) is 10.4. The van der Waals surface area contributed by atoms with Gasteiger partial charge in [-0.25, -0.2) is 5.90 Å². The minimum atomic E-state index is 0. The summed E-state index contributed by atoms with van der Waals surface area (Å²) in [7, 11) is 0. The molecule has 0 radical (unpaired) electrons. The lowest BCUT2D eigenvalue weighted by Gasteiger charge is -1.99. The predicted octanol–water partition coefficient (Wildman–Crippen LogP) is 2.32. The molecule has 3 heteroatoms. The van der Waals surface area contributed by atoms with Crippen molar-refractivity contribution in [1.29, 1.82) is 0 Å². The second-order valence-corrected chi connectivity index (χ2v) is 2.81. The van der Waals surface area contributed by atoms with E-state index in [1.54, 1.807) is 0 Å².